The number of para-hydroxylation sites is 1. The number of ketones is 1. The second kappa shape index (κ2) is 9.72. The predicted octanol–water partition coefficient (Wildman–Crippen LogP) is 4.35. The van der Waals surface area contributed by atoms with Crippen molar-refractivity contribution in [2.75, 3.05) is 45.3 Å². The monoisotopic (exact) mass is 472 g/mol. The fraction of sp³-hybridized carbons (Fsp3) is 0.250. The zero-order chi connectivity index (χ0) is 24.4. The van der Waals surface area contributed by atoms with Crippen LogP contribution >= 0.6 is 0 Å². The third kappa shape index (κ3) is 4.55. The summed E-state index contributed by atoms with van der Waals surface area (Å²) in [6, 6.07) is 18.9. The summed E-state index contributed by atoms with van der Waals surface area (Å²) < 4.78 is 16.8. The van der Waals surface area contributed by atoms with Crippen molar-refractivity contribution >= 4 is 17.5 Å². The number of carbonyl (C=O) groups excluding carboxylic acids is 1. The molecule has 2 heterocycles. The van der Waals surface area contributed by atoms with E-state index in [2.05, 4.69) is 21.9 Å². The van der Waals surface area contributed by atoms with Crippen molar-refractivity contribution in [1.82, 2.24) is 4.90 Å². The lowest BCUT2D eigenvalue weighted by Crippen LogP contribution is -2.46. The number of rotatable bonds is 6. The van der Waals surface area contributed by atoms with E-state index < -0.39 is 0 Å². The minimum atomic E-state index is -0.222. The Balaban J connectivity index is 1.36. The van der Waals surface area contributed by atoms with Crippen LogP contribution in [0.1, 0.15) is 21.5 Å². The molecule has 5 rings (SSSR count). The first-order valence-electron chi connectivity index (χ1n) is 11.6. The second-order valence-electron chi connectivity index (χ2n) is 8.59. The largest absolute Gasteiger partial charge is 0.507 e. The van der Waals surface area contributed by atoms with Crippen LogP contribution in [0, 0.1) is 0 Å². The molecule has 2 aliphatic rings. The smallest absolute Gasteiger partial charge is 0.231 e. The quantitative estimate of drug-likeness (QED) is 0.535. The maximum atomic E-state index is 13.1. The number of phenols is 1. The van der Waals surface area contributed by atoms with Crippen molar-refractivity contribution in [3.05, 3.63) is 83.1 Å². The van der Waals surface area contributed by atoms with Gasteiger partial charge in [0, 0.05) is 44.0 Å². The Morgan fingerprint density at radius 1 is 0.971 bits per heavy atom. The van der Waals surface area contributed by atoms with Crippen LogP contribution in [0.2, 0.25) is 0 Å². The predicted molar refractivity (Wildman–Crippen MR) is 135 cm³/mol. The number of nitrogens with zero attached hydrogens (tertiary/aromatic N) is 2. The summed E-state index contributed by atoms with van der Waals surface area (Å²) >= 11 is 0. The Bertz CT molecular complexity index is 1260. The topological polar surface area (TPSA) is 71.5 Å². The minimum Gasteiger partial charge on any atom is -0.507 e. The van der Waals surface area contributed by atoms with Crippen LogP contribution in [0.3, 0.4) is 0 Å². The molecular weight excluding hydrogens is 444 g/mol. The van der Waals surface area contributed by atoms with E-state index in [9.17, 15) is 9.90 Å². The number of allylic oxidation sites excluding steroid dienone is 1. The fourth-order valence-corrected chi connectivity index (χ4v) is 4.57. The number of hydrogen-bond donors (Lipinski definition) is 1. The van der Waals surface area contributed by atoms with Gasteiger partial charge in [-0.2, -0.15) is 0 Å². The molecule has 0 amide bonds. The number of piperazine rings is 1. The van der Waals surface area contributed by atoms with E-state index in [4.69, 9.17) is 14.2 Å². The highest BCUT2D eigenvalue weighted by atomic mass is 16.5. The van der Waals surface area contributed by atoms with Gasteiger partial charge in [-0.1, -0.05) is 18.2 Å². The summed E-state index contributed by atoms with van der Waals surface area (Å²) in [7, 11) is 3.16. The third-order valence-corrected chi connectivity index (χ3v) is 6.52. The van der Waals surface area contributed by atoms with Crippen molar-refractivity contribution in [3.63, 3.8) is 0 Å². The molecule has 0 atom stereocenters. The molecular formula is C28H28N2O5. The lowest BCUT2D eigenvalue weighted by molar-refractivity contribution is 0.101. The van der Waals surface area contributed by atoms with Gasteiger partial charge < -0.3 is 24.2 Å². The van der Waals surface area contributed by atoms with Gasteiger partial charge in [0.15, 0.2) is 5.76 Å². The van der Waals surface area contributed by atoms with Crippen LogP contribution in [0.5, 0.6) is 23.0 Å². The molecule has 1 fully saturated rings. The van der Waals surface area contributed by atoms with E-state index in [1.54, 1.807) is 50.6 Å². The summed E-state index contributed by atoms with van der Waals surface area (Å²) in [6.07, 6.45) is 1.66. The highest BCUT2D eigenvalue weighted by molar-refractivity contribution is 6.15. The maximum Gasteiger partial charge on any atom is 0.231 e. The molecule has 0 saturated carbocycles. The average Bonchev–Trinajstić information content (AvgIpc) is 3.21. The molecule has 0 unspecified atom stereocenters. The lowest BCUT2D eigenvalue weighted by Gasteiger charge is -2.36. The number of fused-ring (bicyclic) bond motifs is 1. The van der Waals surface area contributed by atoms with Crippen molar-refractivity contribution < 1.29 is 24.1 Å². The average molecular weight is 473 g/mol. The van der Waals surface area contributed by atoms with Gasteiger partial charge in [-0.3, -0.25) is 9.69 Å². The Labute approximate surface area is 204 Å². The van der Waals surface area contributed by atoms with Crippen molar-refractivity contribution in [2.24, 2.45) is 0 Å². The van der Waals surface area contributed by atoms with Crippen molar-refractivity contribution in [2.45, 2.75) is 6.54 Å². The van der Waals surface area contributed by atoms with Crippen LogP contribution in [0.4, 0.5) is 5.69 Å². The van der Waals surface area contributed by atoms with Crippen LogP contribution < -0.4 is 19.1 Å². The zero-order valence-corrected chi connectivity index (χ0v) is 19.9. The number of methoxy groups -OCH3 is 2. The van der Waals surface area contributed by atoms with Crippen LogP contribution in [0.25, 0.3) is 6.08 Å². The van der Waals surface area contributed by atoms with Crippen LogP contribution in [-0.4, -0.2) is 56.2 Å². The molecule has 1 saturated heterocycles. The van der Waals surface area contributed by atoms with E-state index in [-0.39, 0.29) is 17.3 Å². The number of aromatic hydroxyl groups is 1. The van der Waals surface area contributed by atoms with Gasteiger partial charge in [-0.15, -0.1) is 0 Å². The van der Waals surface area contributed by atoms with Gasteiger partial charge >= 0.3 is 0 Å². The van der Waals surface area contributed by atoms with E-state index in [1.807, 2.05) is 18.2 Å². The molecule has 0 aromatic heterocycles. The summed E-state index contributed by atoms with van der Waals surface area (Å²) in [5.74, 6) is 1.77. The zero-order valence-electron chi connectivity index (χ0n) is 19.9. The van der Waals surface area contributed by atoms with E-state index in [0.29, 0.717) is 40.5 Å². The molecule has 2 aliphatic heterocycles. The first kappa shape index (κ1) is 22.8. The minimum absolute atomic E-state index is 0.127. The summed E-state index contributed by atoms with van der Waals surface area (Å²) in [5, 5.41) is 10.7. The molecule has 35 heavy (non-hydrogen) atoms. The van der Waals surface area contributed by atoms with Crippen LogP contribution in [-0.2, 0) is 6.54 Å². The van der Waals surface area contributed by atoms with Gasteiger partial charge in [-0.25, -0.2) is 0 Å². The van der Waals surface area contributed by atoms with Crippen molar-refractivity contribution in [1.29, 1.82) is 0 Å². The van der Waals surface area contributed by atoms with Gasteiger partial charge in [-0.05, 0) is 48.5 Å². The molecule has 0 aliphatic carbocycles. The summed E-state index contributed by atoms with van der Waals surface area (Å²) in [4.78, 5) is 17.8. The van der Waals surface area contributed by atoms with Crippen LogP contribution in [0.15, 0.2) is 66.4 Å². The van der Waals surface area contributed by atoms with Crippen molar-refractivity contribution in [3.8, 4) is 23.0 Å². The standard InChI is InChI=1S/C28H28N2O5/c1-33-21-8-11-25(34-2)19(16-21)17-26-27(32)22-9-10-24(31)23(28(22)35-26)18-29-12-14-30(15-13-29)20-6-4-3-5-7-20/h3-11,16-17,31H,12-15,18H2,1-2H3/b26-17+. The Morgan fingerprint density at radius 2 is 1.74 bits per heavy atom. The molecule has 180 valence electrons. The number of benzene rings is 3. The Morgan fingerprint density at radius 3 is 2.46 bits per heavy atom. The van der Waals surface area contributed by atoms with Gasteiger partial charge in [0.25, 0.3) is 0 Å². The van der Waals surface area contributed by atoms with Gasteiger partial charge in [0.1, 0.15) is 23.0 Å². The summed E-state index contributed by atoms with van der Waals surface area (Å²) in [5.41, 5.74) is 2.97. The first-order chi connectivity index (χ1) is 17.1. The third-order valence-electron chi connectivity index (χ3n) is 6.52. The molecule has 3 aromatic rings. The molecule has 0 bridgehead atoms. The number of anilines is 1. The highest BCUT2D eigenvalue weighted by Gasteiger charge is 2.32. The number of Topliss-reactive ketones (excluding diaryl/α,β-unsaturated/α-hetero) is 1. The second-order valence-corrected chi connectivity index (χ2v) is 8.59. The molecule has 1 N–H and O–H groups in total. The Hall–Kier alpha value is -3.97. The number of carbonyl (C=O) groups is 1. The SMILES string of the molecule is COc1ccc(OC)c(/C=C2/Oc3c(ccc(O)c3CN3CCN(c4ccccc4)CC3)C2=O)c1. The van der Waals surface area contributed by atoms with E-state index >= 15 is 0 Å². The maximum absolute atomic E-state index is 13.1. The molecule has 3 aromatic carbocycles. The van der Waals surface area contributed by atoms with E-state index in [0.717, 1.165) is 26.2 Å². The van der Waals surface area contributed by atoms with E-state index in [1.165, 1.54) is 5.69 Å². The molecule has 7 nitrogen and oxygen atoms in total. The number of ether oxygens (including phenoxy) is 3. The first-order valence-corrected chi connectivity index (χ1v) is 11.6. The normalized spacial score (nSPS) is 16.8. The Kier molecular flexibility index (Phi) is 6.33. The molecule has 7 heteroatoms. The number of hydrogen-bond acceptors (Lipinski definition) is 7. The van der Waals surface area contributed by atoms with Gasteiger partial charge in [0.05, 0.1) is 25.3 Å². The lowest BCUT2D eigenvalue weighted by atomic mass is 10.0. The summed E-state index contributed by atoms with van der Waals surface area (Å²) in [6.45, 7) is 3.97. The molecule has 0 radical (unpaired) electrons. The highest BCUT2D eigenvalue weighted by Crippen LogP contribution is 2.41. The van der Waals surface area contributed by atoms with Gasteiger partial charge in [0.2, 0.25) is 5.78 Å². The molecule has 0 spiro atoms. The number of phenolic OH excluding ortho intramolecular Hbond substituents is 1. The fourth-order valence-electron chi connectivity index (χ4n) is 4.57.